The number of aliphatic hydroxyl groups is 1. The van der Waals surface area contributed by atoms with Gasteiger partial charge in [-0.05, 0) is 81.5 Å². The Kier molecular flexibility index (Phi) is 14.6. The number of phenolic OH excluding ortho intramolecular Hbond substituents is 1. The first kappa shape index (κ1) is 37.9. The molecule has 5 N–H and O–H groups in total. The zero-order valence-corrected chi connectivity index (χ0v) is 30.1. The van der Waals surface area contributed by atoms with Gasteiger partial charge in [0.05, 0.1) is 23.9 Å². The Bertz CT molecular complexity index is 1760. The van der Waals surface area contributed by atoms with Crippen LogP contribution in [0.15, 0.2) is 105 Å². The number of hydrazone groups is 1. The first-order valence-corrected chi connectivity index (χ1v) is 17.1. The summed E-state index contributed by atoms with van der Waals surface area (Å²) >= 11 is 6.96. The number of carbonyl (C=O) groups is 3. The Morgan fingerprint density at radius 3 is 2.18 bits per heavy atom. The number of aliphatic hydroxyl groups excluding tert-OH is 1. The highest BCUT2D eigenvalue weighted by molar-refractivity contribution is 9.10. The summed E-state index contributed by atoms with van der Waals surface area (Å²) in [6.45, 7) is 1.75. The Balaban J connectivity index is 1.43. The Morgan fingerprint density at radius 1 is 0.820 bits per heavy atom. The number of nitrogens with one attached hydrogen (secondary N) is 3. The summed E-state index contributed by atoms with van der Waals surface area (Å²) in [6, 6.07) is 23.7. The molecule has 12 nitrogen and oxygen atoms in total. The lowest BCUT2D eigenvalue weighted by Crippen LogP contribution is -2.55. The van der Waals surface area contributed by atoms with Crippen LogP contribution in [0.4, 0.5) is 4.79 Å². The first-order chi connectivity index (χ1) is 24.1. The summed E-state index contributed by atoms with van der Waals surface area (Å²) < 4.78 is 18.6. The van der Waals surface area contributed by atoms with E-state index >= 15 is 0 Å². The molecule has 4 aromatic rings. The van der Waals surface area contributed by atoms with Crippen LogP contribution in [0.1, 0.15) is 29.2 Å². The largest absolute Gasteiger partial charge is 0.508 e. The minimum atomic E-state index is -1.41. The molecule has 4 aromatic carbocycles. The van der Waals surface area contributed by atoms with Crippen molar-refractivity contribution in [2.75, 3.05) is 13.2 Å². The van der Waals surface area contributed by atoms with Crippen molar-refractivity contribution in [2.45, 2.75) is 38.6 Å². The Morgan fingerprint density at radius 2 is 1.50 bits per heavy atom. The predicted molar refractivity (Wildman–Crippen MR) is 194 cm³/mol. The van der Waals surface area contributed by atoms with Crippen LogP contribution in [0, 0.1) is 0 Å². The first-order valence-electron chi connectivity index (χ1n) is 15.5. The number of halogens is 2. The topological polar surface area (TPSA) is 168 Å². The maximum Gasteiger partial charge on any atom is 0.408 e. The summed E-state index contributed by atoms with van der Waals surface area (Å²) in [5, 5.41) is 28.5. The van der Waals surface area contributed by atoms with E-state index in [1.807, 2.05) is 37.3 Å². The molecule has 0 radical (unpaired) electrons. The Labute approximate surface area is 306 Å². The van der Waals surface area contributed by atoms with E-state index in [0.29, 0.717) is 40.3 Å². The molecule has 0 aromatic heterocycles. The number of hydrogen-bond donors (Lipinski definition) is 5. The van der Waals surface area contributed by atoms with Crippen molar-refractivity contribution in [2.24, 2.45) is 5.10 Å². The van der Waals surface area contributed by atoms with Crippen LogP contribution in [0.3, 0.4) is 0 Å². The monoisotopic (exact) mass is 810 g/mol. The second kappa shape index (κ2) is 19.3. The molecule has 262 valence electrons. The number of aromatic hydroxyl groups is 1. The van der Waals surface area contributed by atoms with Crippen LogP contribution in [0.5, 0.6) is 17.2 Å². The second-order valence-electron chi connectivity index (χ2n) is 10.8. The van der Waals surface area contributed by atoms with Crippen molar-refractivity contribution in [3.63, 3.8) is 0 Å². The summed E-state index contributed by atoms with van der Waals surface area (Å²) in [7, 11) is 0. The third-order valence-corrected chi connectivity index (χ3v) is 8.15. The van der Waals surface area contributed by atoms with E-state index in [0.717, 1.165) is 15.6 Å². The second-order valence-corrected chi connectivity index (χ2v) is 12.6. The quantitative estimate of drug-likeness (QED) is 0.0745. The molecule has 4 rings (SSSR count). The van der Waals surface area contributed by atoms with Crippen molar-refractivity contribution < 1.29 is 38.8 Å². The summed E-state index contributed by atoms with van der Waals surface area (Å²) in [6.07, 6.45) is 0.493. The average molecular weight is 813 g/mol. The number of hydrogen-bond acceptors (Lipinski definition) is 9. The van der Waals surface area contributed by atoms with Gasteiger partial charge in [-0.2, -0.15) is 5.10 Å². The molecule has 14 heteroatoms. The standard InChI is InChI=1S/C36H36Br2N4O8/c1-2-48-32-18-26(16-29(38)33(32)49-21-25-8-12-27(37)13-9-25)19-39-42-35(46)30(17-23-10-14-28(44)15-11-23)40-34(45)31(20-43)41-36(47)50-22-24-6-4-3-5-7-24/h3-16,18-19,30-31,43-44H,2,17,20-22H2,1H3,(H,40,45)(H,41,47)(H,42,46)/b39-19-/t30-,31-/m0/s1. The lowest BCUT2D eigenvalue weighted by atomic mass is 10.0. The number of amides is 3. The van der Waals surface area contributed by atoms with E-state index < -0.39 is 36.6 Å². The van der Waals surface area contributed by atoms with Crippen LogP contribution in [0.25, 0.3) is 0 Å². The molecule has 0 saturated carbocycles. The molecule has 2 atom stereocenters. The summed E-state index contributed by atoms with van der Waals surface area (Å²) in [5.74, 6) is -0.498. The number of nitrogens with zero attached hydrogens (tertiary/aromatic N) is 1. The fourth-order valence-electron chi connectivity index (χ4n) is 4.50. The van der Waals surface area contributed by atoms with E-state index in [-0.39, 0.29) is 18.8 Å². The molecule has 0 heterocycles. The van der Waals surface area contributed by atoms with Gasteiger partial charge in [0.1, 0.15) is 31.0 Å². The van der Waals surface area contributed by atoms with Crippen LogP contribution < -0.4 is 25.5 Å². The van der Waals surface area contributed by atoms with Crippen molar-refractivity contribution >= 4 is 56.0 Å². The molecule has 50 heavy (non-hydrogen) atoms. The van der Waals surface area contributed by atoms with Crippen LogP contribution >= 0.6 is 31.9 Å². The van der Waals surface area contributed by atoms with E-state index in [2.05, 4.69) is 53.0 Å². The minimum Gasteiger partial charge on any atom is -0.508 e. The highest BCUT2D eigenvalue weighted by atomic mass is 79.9. The van der Waals surface area contributed by atoms with E-state index in [4.69, 9.17) is 14.2 Å². The van der Waals surface area contributed by atoms with E-state index in [9.17, 15) is 24.6 Å². The van der Waals surface area contributed by atoms with E-state index in [1.54, 1.807) is 48.5 Å². The van der Waals surface area contributed by atoms with Gasteiger partial charge in [0, 0.05) is 10.9 Å². The van der Waals surface area contributed by atoms with Crippen LogP contribution in [-0.2, 0) is 34.0 Å². The van der Waals surface area contributed by atoms with Gasteiger partial charge in [-0.25, -0.2) is 10.2 Å². The molecular formula is C36H36Br2N4O8. The van der Waals surface area contributed by atoms with Gasteiger partial charge in [0.25, 0.3) is 5.91 Å². The molecular weight excluding hydrogens is 776 g/mol. The minimum absolute atomic E-state index is 0.00835. The summed E-state index contributed by atoms with van der Waals surface area (Å²) in [5.41, 5.74) is 5.34. The number of alkyl carbamates (subject to hydrolysis) is 1. The molecule has 0 aliphatic heterocycles. The molecule has 0 unspecified atom stereocenters. The fraction of sp³-hybridized carbons (Fsp3) is 0.222. The molecule has 3 amide bonds. The SMILES string of the molecule is CCOc1cc(/C=N\NC(=O)[C@H](Cc2ccc(O)cc2)NC(=O)[C@H](CO)NC(=O)OCc2ccccc2)cc(Br)c1OCc1ccc(Br)cc1. The van der Waals surface area contributed by atoms with E-state index in [1.165, 1.54) is 18.3 Å². The third-order valence-electron chi connectivity index (χ3n) is 7.03. The number of rotatable bonds is 16. The smallest absolute Gasteiger partial charge is 0.408 e. The van der Waals surface area contributed by atoms with Gasteiger partial charge < -0.3 is 35.1 Å². The van der Waals surface area contributed by atoms with Crippen molar-refractivity contribution in [3.8, 4) is 17.2 Å². The Hall–Kier alpha value is -4.92. The van der Waals surface area contributed by atoms with Gasteiger partial charge in [0.15, 0.2) is 11.5 Å². The molecule has 0 saturated heterocycles. The van der Waals surface area contributed by atoms with Crippen molar-refractivity contribution in [3.05, 3.63) is 122 Å². The van der Waals surface area contributed by atoms with Gasteiger partial charge in [-0.15, -0.1) is 0 Å². The molecule has 0 fully saturated rings. The summed E-state index contributed by atoms with van der Waals surface area (Å²) in [4.78, 5) is 38.8. The predicted octanol–water partition coefficient (Wildman–Crippen LogP) is 5.36. The van der Waals surface area contributed by atoms with Gasteiger partial charge in [-0.3, -0.25) is 9.59 Å². The maximum absolute atomic E-state index is 13.3. The van der Waals surface area contributed by atoms with Crippen molar-refractivity contribution in [1.29, 1.82) is 0 Å². The van der Waals surface area contributed by atoms with Crippen LogP contribution in [-0.4, -0.2) is 59.6 Å². The van der Waals surface area contributed by atoms with Gasteiger partial charge in [0.2, 0.25) is 5.91 Å². The number of ether oxygens (including phenoxy) is 3. The van der Waals surface area contributed by atoms with Crippen LogP contribution in [0.2, 0.25) is 0 Å². The highest BCUT2D eigenvalue weighted by Crippen LogP contribution is 2.37. The van der Waals surface area contributed by atoms with Gasteiger partial charge in [-0.1, -0.05) is 70.5 Å². The van der Waals surface area contributed by atoms with Gasteiger partial charge >= 0.3 is 6.09 Å². The fourth-order valence-corrected chi connectivity index (χ4v) is 5.34. The zero-order valence-electron chi connectivity index (χ0n) is 27.0. The zero-order chi connectivity index (χ0) is 35.9. The normalized spacial score (nSPS) is 12.1. The lowest BCUT2D eigenvalue weighted by molar-refractivity contribution is -0.130. The maximum atomic E-state index is 13.3. The van der Waals surface area contributed by atoms with Crippen molar-refractivity contribution in [1.82, 2.24) is 16.1 Å². The highest BCUT2D eigenvalue weighted by Gasteiger charge is 2.27. The number of phenols is 1. The molecule has 0 aliphatic carbocycles. The third kappa shape index (κ3) is 11.9. The molecule has 0 bridgehead atoms. The average Bonchev–Trinajstić information content (AvgIpc) is 3.11. The number of carbonyl (C=O) groups excluding carboxylic acids is 3. The number of benzene rings is 4. The molecule has 0 aliphatic rings. The molecule has 0 spiro atoms. The lowest BCUT2D eigenvalue weighted by Gasteiger charge is -2.21.